The summed E-state index contributed by atoms with van der Waals surface area (Å²) in [6.45, 7) is 2.13. The number of nitrogens with zero attached hydrogens (tertiary/aromatic N) is 3. The molecule has 0 spiro atoms. The zero-order chi connectivity index (χ0) is 16.1. The second-order valence-corrected chi connectivity index (χ2v) is 5.91. The first-order valence-electron chi connectivity index (χ1n) is 7.65. The van der Waals surface area contributed by atoms with Crippen LogP contribution in [0, 0.1) is 0 Å². The van der Waals surface area contributed by atoms with Crippen LogP contribution in [0.5, 0.6) is 0 Å². The molecule has 0 N–H and O–H groups in total. The smallest absolute Gasteiger partial charge is 0.205 e. The van der Waals surface area contributed by atoms with E-state index in [9.17, 15) is 0 Å². The SMILES string of the molecule is CCC(=Nn1c(-c2ccccc2)csc1=NC)c1ccccc1. The molecule has 3 nitrogen and oxygen atoms in total. The van der Waals surface area contributed by atoms with Crippen LogP contribution >= 0.6 is 11.3 Å². The van der Waals surface area contributed by atoms with Gasteiger partial charge in [0.05, 0.1) is 11.4 Å². The number of benzene rings is 2. The van der Waals surface area contributed by atoms with Gasteiger partial charge < -0.3 is 0 Å². The van der Waals surface area contributed by atoms with E-state index in [4.69, 9.17) is 5.10 Å². The van der Waals surface area contributed by atoms with Crippen molar-refractivity contribution in [3.05, 3.63) is 76.4 Å². The standard InChI is InChI=1S/C19H19N3S/c1-3-17(15-10-6-4-7-11-15)21-22-18(14-23-19(22)20-2)16-12-8-5-9-13-16/h4-14H,3H2,1-2H3. The highest BCUT2D eigenvalue weighted by molar-refractivity contribution is 7.07. The zero-order valence-electron chi connectivity index (χ0n) is 13.3. The van der Waals surface area contributed by atoms with Crippen LogP contribution in [0.15, 0.2) is 76.1 Å². The maximum absolute atomic E-state index is 4.90. The number of hydrogen-bond donors (Lipinski definition) is 0. The van der Waals surface area contributed by atoms with Crippen molar-refractivity contribution in [2.45, 2.75) is 13.3 Å². The Labute approximate surface area is 140 Å². The number of hydrogen-bond acceptors (Lipinski definition) is 3. The molecular weight excluding hydrogens is 302 g/mol. The van der Waals surface area contributed by atoms with Gasteiger partial charge in [-0.1, -0.05) is 67.6 Å². The van der Waals surface area contributed by atoms with Crippen molar-refractivity contribution in [3.8, 4) is 11.3 Å². The van der Waals surface area contributed by atoms with Crippen LogP contribution in [-0.2, 0) is 0 Å². The highest BCUT2D eigenvalue weighted by atomic mass is 32.1. The zero-order valence-corrected chi connectivity index (χ0v) is 14.1. The Hall–Kier alpha value is -2.46. The molecule has 0 fully saturated rings. The van der Waals surface area contributed by atoms with Gasteiger partial charge in [0.2, 0.25) is 4.80 Å². The molecule has 0 aliphatic rings. The van der Waals surface area contributed by atoms with Gasteiger partial charge in [-0.25, -0.2) is 4.68 Å². The third-order valence-corrected chi connectivity index (χ3v) is 4.52. The summed E-state index contributed by atoms with van der Waals surface area (Å²) in [5.74, 6) is 0. The van der Waals surface area contributed by atoms with Crippen LogP contribution < -0.4 is 4.80 Å². The molecule has 1 heterocycles. The summed E-state index contributed by atoms with van der Waals surface area (Å²) in [5.41, 5.74) is 4.41. The first-order chi connectivity index (χ1) is 11.3. The van der Waals surface area contributed by atoms with Crippen molar-refractivity contribution >= 4 is 17.0 Å². The molecule has 0 radical (unpaired) electrons. The monoisotopic (exact) mass is 321 g/mol. The maximum atomic E-state index is 4.90. The minimum absolute atomic E-state index is 0.865. The molecule has 0 bridgehead atoms. The highest BCUT2D eigenvalue weighted by Crippen LogP contribution is 2.20. The van der Waals surface area contributed by atoms with Crippen molar-refractivity contribution < 1.29 is 0 Å². The minimum Gasteiger partial charge on any atom is -0.261 e. The van der Waals surface area contributed by atoms with E-state index in [0.717, 1.165) is 33.8 Å². The Morgan fingerprint density at radius 2 is 1.65 bits per heavy atom. The summed E-state index contributed by atoms with van der Waals surface area (Å²) in [7, 11) is 1.81. The molecule has 23 heavy (non-hydrogen) atoms. The third kappa shape index (κ3) is 3.32. The van der Waals surface area contributed by atoms with Crippen molar-refractivity contribution in [1.29, 1.82) is 0 Å². The normalized spacial score (nSPS) is 12.6. The van der Waals surface area contributed by atoms with E-state index in [1.54, 1.807) is 18.4 Å². The molecule has 3 aromatic rings. The molecule has 4 heteroatoms. The first kappa shape index (κ1) is 15.4. The molecule has 0 saturated heterocycles. The van der Waals surface area contributed by atoms with Crippen molar-refractivity contribution in [2.24, 2.45) is 10.1 Å². The predicted molar refractivity (Wildman–Crippen MR) is 97.9 cm³/mol. The van der Waals surface area contributed by atoms with Crippen LogP contribution in [0.1, 0.15) is 18.9 Å². The molecule has 0 unspecified atom stereocenters. The molecule has 0 saturated carbocycles. The fraction of sp³-hybridized carbons (Fsp3) is 0.158. The molecule has 116 valence electrons. The van der Waals surface area contributed by atoms with Crippen LogP contribution in [0.25, 0.3) is 11.3 Å². The lowest BCUT2D eigenvalue weighted by atomic mass is 10.1. The average Bonchev–Trinajstić information content (AvgIpc) is 3.03. The summed E-state index contributed by atoms with van der Waals surface area (Å²) in [6, 6.07) is 20.6. The Bertz CT molecular complexity index is 858. The molecule has 0 aliphatic carbocycles. The van der Waals surface area contributed by atoms with Crippen LogP contribution in [-0.4, -0.2) is 17.4 Å². The Morgan fingerprint density at radius 1 is 1.00 bits per heavy atom. The lowest BCUT2D eigenvalue weighted by molar-refractivity contribution is 0.837. The van der Waals surface area contributed by atoms with E-state index in [1.807, 2.05) is 41.1 Å². The molecule has 1 aromatic heterocycles. The molecular formula is C19H19N3S. The van der Waals surface area contributed by atoms with Crippen molar-refractivity contribution in [3.63, 3.8) is 0 Å². The van der Waals surface area contributed by atoms with Gasteiger partial charge in [-0.3, -0.25) is 4.99 Å². The number of aromatic nitrogens is 1. The second kappa shape index (κ2) is 7.20. The van der Waals surface area contributed by atoms with Crippen LogP contribution in [0.3, 0.4) is 0 Å². The molecule has 3 rings (SSSR count). The van der Waals surface area contributed by atoms with Crippen molar-refractivity contribution in [1.82, 2.24) is 4.68 Å². The van der Waals surface area contributed by atoms with E-state index in [-0.39, 0.29) is 0 Å². The topological polar surface area (TPSA) is 29.6 Å². The predicted octanol–water partition coefficient (Wildman–Crippen LogP) is 4.41. The summed E-state index contributed by atoms with van der Waals surface area (Å²) in [6.07, 6.45) is 0.865. The Balaban J connectivity index is 2.16. The molecule has 0 amide bonds. The van der Waals surface area contributed by atoms with Gasteiger partial charge in [0.15, 0.2) is 0 Å². The molecule has 0 atom stereocenters. The number of thiazole rings is 1. The fourth-order valence-electron chi connectivity index (χ4n) is 2.44. The second-order valence-electron chi connectivity index (χ2n) is 5.07. The average molecular weight is 321 g/mol. The first-order valence-corrected chi connectivity index (χ1v) is 8.53. The third-order valence-electron chi connectivity index (χ3n) is 3.61. The van der Waals surface area contributed by atoms with E-state index < -0.39 is 0 Å². The van der Waals surface area contributed by atoms with Gasteiger partial charge in [0.25, 0.3) is 0 Å². The van der Waals surface area contributed by atoms with E-state index in [0.29, 0.717) is 0 Å². The highest BCUT2D eigenvalue weighted by Gasteiger charge is 2.09. The van der Waals surface area contributed by atoms with Crippen LogP contribution in [0.4, 0.5) is 0 Å². The molecule has 2 aromatic carbocycles. The summed E-state index contributed by atoms with van der Waals surface area (Å²) >= 11 is 1.61. The van der Waals surface area contributed by atoms with Gasteiger partial charge in [-0.15, -0.1) is 11.3 Å². The van der Waals surface area contributed by atoms with Gasteiger partial charge in [-0.05, 0) is 12.0 Å². The van der Waals surface area contributed by atoms with E-state index in [1.165, 1.54) is 0 Å². The lowest BCUT2D eigenvalue weighted by Crippen LogP contribution is -2.14. The summed E-state index contributed by atoms with van der Waals surface area (Å²) in [5, 5.41) is 7.01. The fourth-order valence-corrected chi connectivity index (χ4v) is 3.24. The molecule has 0 aliphatic heterocycles. The van der Waals surface area contributed by atoms with Gasteiger partial charge >= 0.3 is 0 Å². The van der Waals surface area contributed by atoms with Gasteiger partial charge in [-0.2, -0.15) is 5.10 Å². The van der Waals surface area contributed by atoms with E-state index in [2.05, 4.69) is 41.6 Å². The Kier molecular flexibility index (Phi) is 4.83. The summed E-state index contributed by atoms with van der Waals surface area (Å²) in [4.78, 5) is 5.27. The number of rotatable bonds is 4. The summed E-state index contributed by atoms with van der Waals surface area (Å²) < 4.78 is 1.95. The lowest BCUT2D eigenvalue weighted by Gasteiger charge is -2.07. The van der Waals surface area contributed by atoms with Crippen molar-refractivity contribution in [2.75, 3.05) is 7.05 Å². The maximum Gasteiger partial charge on any atom is 0.205 e. The largest absolute Gasteiger partial charge is 0.261 e. The van der Waals surface area contributed by atoms with Crippen LogP contribution in [0.2, 0.25) is 0 Å². The quantitative estimate of drug-likeness (QED) is 0.637. The van der Waals surface area contributed by atoms with Gasteiger partial charge in [0, 0.05) is 18.0 Å². The van der Waals surface area contributed by atoms with Gasteiger partial charge in [0.1, 0.15) is 0 Å². The van der Waals surface area contributed by atoms with E-state index >= 15 is 0 Å². The Morgan fingerprint density at radius 3 is 2.26 bits per heavy atom. The minimum atomic E-state index is 0.865.